The van der Waals surface area contributed by atoms with Crippen molar-refractivity contribution in [3.8, 4) is 0 Å². The van der Waals surface area contributed by atoms with Crippen LogP contribution in [0.2, 0.25) is 0 Å². The van der Waals surface area contributed by atoms with Crippen LogP contribution < -0.4 is 10.3 Å². The van der Waals surface area contributed by atoms with Crippen molar-refractivity contribution < 1.29 is 19.1 Å². The Balaban J connectivity index is 1.61. The molecule has 1 N–H and O–H groups in total. The summed E-state index contributed by atoms with van der Waals surface area (Å²) < 4.78 is 16.6. The number of nitrogens with zero attached hydrogens (tertiary/aromatic N) is 3. The number of pyridine rings is 1. The highest BCUT2D eigenvalue weighted by molar-refractivity contribution is 5.95. The molecule has 1 aliphatic rings. The minimum Gasteiger partial charge on any atom is -0.477 e. The molecule has 0 saturated carbocycles. The molecule has 2 heterocycles. The molecule has 0 bridgehead atoms. The van der Waals surface area contributed by atoms with Crippen molar-refractivity contribution >= 4 is 28.5 Å². The fourth-order valence-corrected chi connectivity index (χ4v) is 4.08. The summed E-state index contributed by atoms with van der Waals surface area (Å²) in [6, 6.07) is 10.1. The first-order valence-electron chi connectivity index (χ1n) is 10.5. The predicted octanol–water partition coefficient (Wildman–Crippen LogP) is 3.13. The Bertz CT molecular complexity index is 1260. The lowest BCUT2D eigenvalue weighted by molar-refractivity contribution is 0.0693. The van der Waals surface area contributed by atoms with E-state index in [1.807, 2.05) is 43.0 Å². The van der Waals surface area contributed by atoms with Gasteiger partial charge in [-0.2, -0.15) is 0 Å². The minimum absolute atomic E-state index is 0.0428. The molecule has 3 aromatic rings. The van der Waals surface area contributed by atoms with Gasteiger partial charge in [-0.25, -0.2) is 9.18 Å². The number of aromatic nitrogens is 1. The standard InChI is InChI=1S/C24H24FN3O4/c1-3-26-14-18(24(31)32)22(29)17-12-19(25)21(13-20(17)26)27-8-10-28(11-9-27)23(30)16-6-4-15(2)5-7-16/h4-7,12-14H,3,8-11H2,1-2H3,(H,31,32). The van der Waals surface area contributed by atoms with E-state index in [-0.39, 0.29) is 16.9 Å². The summed E-state index contributed by atoms with van der Waals surface area (Å²) in [6.07, 6.45) is 1.30. The fraction of sp³-hybridized carbons (Fsp3) is 0.292. The zero-order chi connectivity index (χ0) is 23.0. The molecule has 1 aromatic heterocycles. The van der Waals surface area contributed by atoms with Crippen LogP contribution in [-0.2, 0) is 6.54 Å². The molecule has 8 heteroatoms. The highest BCUT2D eigenvalue weighted by atomic mass is 19.1. The molecule has 0 radical (unpaired) electrons. The normalized spacial score (nSPS) is 14.1. The van der Waals surface area contributed by atoms with Crippen LogP contribution in [0.15, 0.2) is 47.4 Å². The average Bonchev–Trinajstić information content (AvgIpc) is 2.79. The Morgan fingerprint density at radius 3 is 2.31 bits per heavy atom. The lowest BCUT2D eigenvalue weighted by Crippen LogP contribution is -2.49. The Kier molecular flexibility index (Phi) is 5.69. The molecule has 1 fully saturated rings. The van der Waals surface area contributed by atoms with E-state index in [1.54, 1.807) is 15.5 Å². The Morgan fingerprint density at radius 2 is 1.72 bits per heavy atom. The first-order valence-corrected chi connectivity index (χ1v) is 10.5. The van der Waals surface area contributed by atoms with Crippen molar-refractivity contribution in [1.82, 2.24) is 9.47 Å². The van der Waals surface area contributed by atoms with Crippen LogP contribution in [0.4, 0.5) is 10.1 Å². The van der Waals surface area contributed by atoms with E-state index < -0.39 is 17.2 Å². The lowest BCUT2D eigenvalue weighted by Gasteiger charge is -2.36. The summed E-state index contributed by atoms with van der Waals surface area (Å²) in [5, 5.41) is 9.33. The number of amides is 1. The fourth-order valence-electron chi connectivity index (χ4n) is 4.08. The Hall–Kier alpha value is -3.68. The Morgan fingerprint density at radius 1 is 1.06 bits per heavy atom. The van der Waals surface area contributed by atoms with Gasteiger partial charge in [0, 0.05) is 49.9 Å². The Labute approximate surface area is 184 Å². The van der Waals surface area contributed by atoms with E-state index in [0.29, 0.717) is 49.5 Å². The van der Waals surface area contributed by atoms with Crippen LogP contribution in [0.5, 0.6) is 0 Å². The summed E-state index contributed by atoms with van der Waals surface area (Å²) in [5.74, 6) is -1.97. The summed E-state index contributed by atoms with van der Waals surface area (Å²) in [5.41, 5.74) is 1.45. The summed E-state index contributed by atoms with van der Waals surface area (Å²) in [4.78, 5) is 40.3. The van der Waals surface area contributed by atoms with Crippen molar-refractivity contribution in [2.24, 2.45) is 0 Å². The van der Waals surface area contributed by atoms with E-state index in [9.17, 15) is 23.9 Å². The van der Waals surface area contributed by atoms with Crippen LogP contribution in [-0.4, -0.2) is 52.6 Å². The van der Waals surface area contributed by atoms with Gasteiger partial charge in [-0.15, -0.1) is 0 Å². The van der Waals surface area contributed by atoms with Crippen LogP contribution in [0.25, 0.3) is 10.9 Å². The average molecular weight is 437 g/mol. The maximum absolute atomic E-state index is 15.0. The number of anilines is 1. The van der Waals surface area contributed by atoms with E-state index >= 15 is 0 Å². The molecule has 1 aliphatic heterocycles. The molecule has 32 heavy (non-hydrogen) atoms. The topological polar surface area (TPSA) is 82.8 Å². The SMILES string of the molecule is CCn1cc(C(=O)O)c(=O)c2cc(F)c(N3CCN(C(=O)c4ccc(C)cc4)CC3)cc21. The van der Waals surface area contributed by atoms with Gasteiger partial charge >= 0.3 is 5.97 Å². The first-order chi connectivity index (χ1) is 15.3. The van der Waals surface area contributed by atoms with Gasteiger partial charge in [-0.1, -0.05) is 17.7 Å². The van der Waals surface area contributed by atoms with Crippen LogP contribution in [0.1, 0.15) is 33.2 Å². The second-order valence-electron chi connectivity index (χ2n) is 7.93. The second kappa shape index (κ2) is 8.45. The smallest absolute Gasteiger partial charge is 0.341 e. The van der Waals surface area contributed by atoms with Crippen LogP contribution in [0, 0.1) is 12.7 Å². The number of aryl methyl sites for hydroxylation is 2. The summed E-state index contributed by atoms with van der Waals surface area (Å²) in [7, 11) is 0. The highest BCUT2D eigenvalue weighted by Crippen LogP contribution is 2.26. The monoisotopic (exact) mass is 437 g/mol. The third kappa shape index (κ3) is 3.84. The number of carboxylic acids is 1. The third-order valence-corrected chi connectivity index (χ3v) is 5.93. The maximum atomic E-state index is 15.0. The van der Waals surface area contributed by atoms with Gasteiger partial charge in [0.05, 0.1) is 11.2 Å². The number of carbonyl (C=O) groups excluding carboxylic acids is 1. The van der Waals surface area contributed by atoms with Gasteiger partial charge in [0.25, 0.3) is 5.91 Å². The van der Waals surface area contributed by atoms with Gasteiger partial charge < -0.3 is 19.5 Å². The lowest BCUT2D eigenvalue weighted by atomic mass is 10.1. The van der Waals surface area contributed by atoms with Crippen molar-refractivity contribution in [3.63, 3.8) is 0 Å². The second-order valence-corrected chi connectivity index (χ2v) is 7.93. The maximum Gasteiger partial charge on any atom is 0.341 e. The molecule has 0 aliphatic carbocycles. The molecule has 0 spiro atoms. The minimum atomic E-state index is -1.34. The summed E-state index contributed by atoms with van der Waals surface area (Å²) >= 11 is 0. The molecule has 0 atom stereocenters. The number of aromatic carboxylic acids is 1. The number of piperazine rings is 1. The van der Waals surface area contributed by atoms with E-state index in [4.69, 9.17) is 0 Å². The number of hydrogen-bond acceptors (Lipinski definition) is 4. The zero-order valence-corrected chi connectivity index (χ0v) is 18.0. The number of fused-ring (bicyclic) bond motifs is 1. The predicted molar refractivity (Wildman–Crippen MR) is 120 cm³/mol. The molecular formula is C24H24FN3O4. The number of rotatable bonds is 4. The molecular weight excluding hydrogens is 413 g/mol. The number of hydrogen-bond donors (Lipinski definition) is 1. The zero-order valence-electron chi connectivity index (χ0n) is 18.0. The first kappa shape index (κ1) is 21.5. The third-order valence-electron chi connectivity index (χ3n) is 5.93. The van der Waals surface area contributed by atoms with E-state index in [0.717, 1.165) is 11.6 Å². The number of carboxylic acid groups (broad SMARTS) is 1. The van der Waals surface area contributed by atoms with Crippen molar-refractivity contribution in [2.45, 2.75) is 20.4 Å². The highest BCUT2D eigenvalue weighted by Gasteiger charge is 2.25. The van der Waals surface area contributed by atoms with Crippen LogP contribution >= 0.6 is 0 Å². The number of carbonyl (C=O) groups is 2. The van der Waals surface area contributed by atoms with Gasteiger partial charge in [0.1, 0.15) is 11.4 Å². The summed E-state index contributed by atoms with van der Waals surface area (Å²) in [6.45, 7) is 6.01. The van der Waals surface area contributed by atoms with Gasteiger partial charge in [-0.3, -0.25) is 9.59 Å². The van der Waals surface area contributed by atoms with Crippen molar-refractivity contribution in [2.75, 3.05) is 31.1 Å². The molecule has 7 nitrogen and oxygen atoms in total. The molecule has 1 saturated heterocycles. The number of benzene rings is 2. The molecule has 2 aromatic carbocycles. The van der Waals surface area contributed by atoms with E-state index in [2.05, 4.69) is 0 Å². The van der Waals surface area contributed by atoms with Gasteiger partial charge in [0.15, 0.2) is 0 Å². The van der Waals surface area contributed by atoms with Crippen LogP contribution in [0.3, 0.4) is 0 Å². The quantitative estimate of drug-likeness (QED) is 0.678. The molecule has 166 valence electrons. The van der Waals surface area contributed by atoms with Gasteiger partial charge in [-0.05, 0) is 38.1 Å². The molecule has 4 rings (SSSR count). The number of halogens is 1. The molecule has 1 amide bonds. The largest absolute Gasteiger partial charge is 0.477 e. The van der Waals surface area contributed by atoms with Crippen molar-refractivity contribution in [1.29, 1.82) is 0 Å². The molecule has 0 unspecified atom stereocenters. The van der Waals surface area contributed by atoms with Crippen molar-refractivity contribution in [3.05, 3.63) is 75.3 Å². The van der Waals surface area contributed by atoms with Gasteiger partial charge in [0.2, 0.25) is 5.43 Å². The van der Waals surface area contributed by atoms with E-state index in [1.165, 1.54) is 6.20 Å².